The summed E-state index contributed by atoms with van der Waals surface area (Å²) in [6.07, 6.45) is 8.30. The van der Waals surface area contributed by atoms with Crippen LogP contribution in [0.3, 0.4) is 0 Å². The van der Waals surface area contributed by atoms with Crippen LogP contribution >= 0.6 is 0 Å². The Kier molecular flexibility index (Phi) is 9.31. The Bertz CT molecular complexity index is 303. The minimum Gasteiger partial charge on any atom is -0.481 e. The lowest BCUT2D eigenvalue weighted by molar-refractivity contribution is -0.155. The summed E-state index contributed by atoms with van der Waals surface area (Å²) >= 11 is 0. The second-order valence-corrected chi connectivity index (χ2v) is 7.08. The third kappa shape index (κ3) is 8.74. The highest BCUT2D eigenvalue weighted by Crippen LogP contribution is 2.35. The fraction of sp³-hybridized carbons (Fsp3) is 0.882. The Balaban J connectivity index is 4.40. The average molecular weight is 300 g/mol. The van der Waals surface area contributed by atoms with E-state index in [4.69, 9.17) is 10.2 Å². The topological polar surface area (TPSA) is 74.6 Å². The summed E-state index contributed by atoms with van der Waals surface area (Å²) in [7, 11) is 0. The maximum absolute atomic E-state index is 11.1. The van der Waals surface area contributed by atoms with Crippen LogP contribution in [0.2, 0.25) is 0 Å². The first kappa shape index (κ1) is 19.9. The van der Waals surface area contributed by atoms with Crippen molar-refractivity contribution in [2.75, 3.05) is 0 Å². The number of hydrogen-bond acceptors (Lipinski definition) is 2. The zero-order chi connectivity index (χ0) is 16.5. The molecule has 1 atom stereocenters. The van der Waals surface area contributed by atoms with Crippen LogP contribution in [0.1, 0.15) is 79.1 Å². The molecule has 21 heavy (non-hydrogen) atoms. The van der Waals surface area contributed by atoms with Gasteiger partial charge in [-0.1, -0.05) is 66.2 Å². The second kappa shape index (κ2) is 9.80. The molecular formula is C17H32O4. The largest absolute Gasteiger partial charge is 0.481 e. The van der Waals surface area contributed by atoms with Gasteiger partial charge in [-0.3, -0.25) is 9.59 Å². The smallest absolute Gasteiger partial charge is 0.317 e. The fourth-order valence-electron chi connectivity index (χ4n) is 2.67. The number of carboxylic acid groups (broad SMARTS) is 2. The number of rotatable bonds is 11. The van der Waals surface area contributed by atoms with Gasteiger partial charge in [-0.15, -0.1) is 0 Å². The minimum atomic E-state index is -1.28. The molecule has 0 aliphatic heterocycles. The predicted octanol–water partition coefficient (Wildman–Crippen LogP) is 4.57. The Hall–Kier alpha value is -1.06. The van der Waals surface area contributed by atoms with Crippen LogP contribution in [0.5, 0.6) is 0 Å². The van der Waals surface area contributed by atoms with Gasteiger partial charge >= 0.3 is 11.9 Å². The van der Waals surface area contributed by atoms with Gasteiger partial charge in [-0.25, -0.2) is 0 Å². The number of carboxylic acids is 2. The second-order valence-electron chi connectivity index (χ2n) is 7.08. The van der Waals surface area contributed by atoms with E-state index in [0.717, 1.165) is 19.3 Å². The molecule has 4 nitrogen and oxygen atoms in total. The first-order valence-corrected chi connectivity index (χ1v) is 8.15. The third-order valence-electron chi connectivity index (χ3n) is 4.25. The van der Waals surface area contributed by atoms with Crippen molar-refractivity contribution in [1.29, 1.82) is 0 Å². The lowest BCUT2D eigenvalue weighted by atomic mass is 9.73. The molecule has 0 amide bonds. The van der Waals surface area contributed by atoms with E-state index in [2.05, 4.69) is 27.7 Å². The molecule has 0 aliphatic carbocycles. The lowest BCUT2D eigenvalue weighted by Crippen LogP contribution is -2.31. The van der Waals surface area contributed by atoms with Gasteiger partial charge in [0.25, 0.3) is 0 Å². The van der Waals surface area contributed by atoms with Crippen molar-refractivity contribution in [3.8, 4) is 0 Å². The summed E-state index contributed by atoms with van der Waals surface area (Å²) in [5, 5.41) is 18.1. The van der Waals surface area contributed by atoms with Gasteiger partial charge in [0.15, 0.2) is 5.92 Å². The zero-order valence-electron chi connectivity index (χ0n) is 14.0. The van der Waals surface area contributed by atoms with Crippen molar-refractivity contribution >= 4 is 11.9 Å². The van der Waals surface area contributed by atoms with E-state index in [0.29, 0.717) is 0 Å². The molecule has 0 rings (SSSR count). The molecule has 124 valence electrons. The molecule has 1 unspecified atom stereocenters. The normalized spacial score (nSPS) is 13.4. The molecule has 4 heteroatoms. The summed E-state index contributed by atoms with van der Waals surface area (Å²) in [5.41, 5.74) is -0.0629. The van der Waals surface area contributed by atoms with Crippen molar-refractivity contribution in [3.63, 3.8) is 0 Å². The summed E-state index contributed by atoms with van der Waals surface area (Å²) < 4.78 is 0. The van der Waals surface area contributed by atoms with E-state index in [1.807, 2.05) is 0 Å². The van der Waals surface area contributed by atoms with Crippen molar-refractivity contribution in [2.45, 2.75) is 79.1 Å². The molecule has 0 aliphatic rings. The van der Waals surface area contributed by atoms with E-state index in [1.54, 1.807) is 0 Å². The molecule has 0 heterocycles. The Morgan fingerprint density at radius 1 is 0.905 bits per heavy atom. The highest BCUT2D eigenvalue weighted by molar-refractivity contribution is 5.92. The summed E-state index contributed by atoms with van der Waals surface area (Å²) in [5.74, 6) is -3.60. The van der Waals surface area contributed by atoms with Crippen LogP contribution in [0.25, 0.3) is 0 Å². The van der Waals surface area contributed by atoms with Crippen molar-refractivity contribution < 1.29 is 19.8 Å². The van der Waals surface area contributed by atoms with Crippen LogP contribution in [0.15, 0.2) is 0 Å². The minimum absolute atomic E-state index is 0.0629. The van der Waals surface area contributed by atoms with Gasteiger partial charge < -0.3 is 10.2 Å². The van der Waals surface area contributed by atoms with E-state index < -0.39 is 17.9 Å². The Labute approximate surface area is 128 Å². The monoisotopic (exact) mass is 300 g/mol. The maximum atomic E-state index is 11.1. The standard InChI is InChI=1S/C17H32O4/c1-5-6-7-8-9-10-11-13(17(2,3)4)12-14(15(18)19)16(20)21/h13-14H,5-12H2,1-4H3,(H,18,19)(H,20,21). The molecule has 0 saturated carbocycles. The SMILES string of the molecule is CCCCCCCCC(CC(C(=O)O)C(=O)O)C(C)(C)C. The van der Waals surface area contributed by atoms with Gasteiger partial charge in [0.05, 0.1) is 0 Å². The van der Waals surface area contributed by atoms with E-state index in [1.165, 1.54) is 25.7 Å². The van der Waals surface area contributed by atoms with Gasteiger partial charge in [0, 0.05) is 0 Å². The first-order chi connectivity index (χ1) is 9.70. The van der Waals surface area contributed by atoms with E-state index in [-0.39, 0.29) is 17.8 Å². The molecule has 2 N–H and O–H groups in total. The molecule has 0 aromatic heterocycles. The number of carbonyl (C=O) groups is 2. The first-order valence-electron chi connectivity index (χ1n) is 8.15. The summed E-state index contributed by atoms with van der Waals surface area (Å²) in [6.45, 7) is 8.38. The highest BCUT2D eigenvalue weighted by atomic mass is 16.4. The lowest BCUT2D eigenvalue weighted by Gasteiger charge is -2.32. The number of hydrogen-bond donors (Lipinski definition) is 2. The van der Waals surface area contributed by atoms with Gasteiger partial charge in [-0.05, 0) is 24.2 Å². The third-order valence-corrected chi connectivity index (χ3v) is 4.25. The molecule has 0 saturated heterocycles. The zero-order valence-corrected chi connectivity index (χ0v) is 14.0. The van der Waals surface area contributed by atoms with Gasteiger partial charge in [0.1, 0.15) is 0 Å². The van der Waals surface area contributed by atoms with E-state index >= 15 is 0 Å². The van der Waals surface area contributed by atoms with Crippen molar-refractivity contribution in [3.05, 3.63) is 0 Å². The predicted molar refractivity (Wildman–Crippen MR) is 84.3 cm³/mol. The number of aliphatic carboxylic acids is 2. The van der Waals surface area contributed by atoms with E-state index in [9.17, 15) is 9.59 Å². The summed E-state index contributed by atoms with van der Waals surface area (Å²) in [4.78, 5) is 22.1. The van der Waals surface area contributed by atoms with Crippen molar-refractivity contribution in [1.82, 2.24) is 0 Å². The van der Waals surface area contributed by atoms with Crippen LogP contribution in [-0.2, 0) is 9.59 Å². The fourth-order valence-corrected chi connectivity index (χ4v) is 2.67. The van der Waals surface area contributed by atoms with Gasteiger partial charge in [0.2, 0.25) is 0 Å². The Morgan fingerprint density at radius 3 is 1.81 bits per heavy atom. The molecule has 0 radical (unpaired) electrons. The molecular weight excluding hydrogens is 268 g/mol. The van der Waals surface area contributed by atoms with Gasteiger partial charge in [-0.2, -0.15) is 0 Å². The van der Waals surface area contributed by atoms with Crippen LogP contribution in [0, 0.1) is 17.3 Å². The average Bonchev–Trinajstić information content (AvgIpc) is 2.34. The molecule has 0 aromatic carbocycles. The number of unbranched alkanes of at least 4 members (excludes halogenated alkanes) is 5. The van der Waals surface area contributed by atoms with Crippen LogP contribution < -0.4 is 0 Å². The van der Waals surface area contributed by atoms with Crippen molar-refractivity contribution in [2.24, 2.45) is 17.3 Å². The quantitative estimate of drug-likeness (QED) is 0.433. The molecule has 0 bridgehead atoms. The molecule has 0 aromatic rings. The van der Waals surface area contributed by atoms with Crippen LogP contribution in [0.4, 0.5) is 0 Å². The maximum Gasteiger partial charge on any atom is 0.317 e. The summed E-state index contributed by atoms with van der Waals surface area (Å²) in [6, 6.07) is 0. The van der Waals surface area contributed by atoms with Crippen LogP contribution in [-0.4, -0.2) is 22.2 Å². The Morgan fingerprint density at radius 2 is 1.38 bits per heavy atom. The highest BCUT2D eigenvalue weighted by Gasteiger charge is 2.33. The molecule has 0 fully saturated rings. The molecule has 0 spiro atoms.